The molecule has 13 heteroatoms. The number of fused-ring (bicyclic) bond motifs is 1. The fourth-order valence-electron chi connectivity index (χ4n) is 4.69. The van der Waals surface area contributed by atoms with Crippen molar-refractivity contribution in [1.82, 2.24) is 24.4 Å². The summed E-state index contributed by atoms with van der Waals surface area (Å²) in [6.07, 6.45) is -1.31. The van der Waals surface area contributed by atoms with E-state index in [0.29, 0.717) is 48.1 Å². The summed E-state index contributed by atoms with van der Waals surface area (Å²) >= 11 is 0. The average molecular weight is 539 g/mol. The zero-order valence-electron chi connectivity index (χ0n) is 21.3. The van der Waals surface area contributed by atoms with Crippen LogP contribution in [-0.2, 0) is 4.74 Å². The van der Waals surface area contributed by atoms with Gasteiger partial charge in [-0.3, -0.25) is 4.57 Å². The second-order valence-electron chi connectivity index (χ2n) is 9.47. The lowest BCUT2D eigenvalue weighted by Gasteiger charge is -2.30. The van der Waals surface area contributed by atoms with Gasteiger partial charge in [-0.1, -0.05) is 5.92 Å². The third kappa shape index (κ3) is 5.59. The Morgan fingerprint density at radius 3 is 2.54 bits per heavy atom. The van der Waals surface area contributed by atoms with Crippen LogP contribution in [0.15, 0.2) is 30.6 Å². The van der Waals surface area contributed by atoms with Crippen molar-refractivity contribution in [3.63, 3.8) is 0 Å². The second kappa shape index (κ2) is 11.4. The fourth-order valence-corrected chi connectivity index (χ4v) is 4.69. The highest BCUT2D eigenvalue weighted by Crippen LogP contribution is 2.32. The Morgan fingerprint density at radius 1 is 1.15 bits per heavy atom. The second-order valence-corrected chi connectivity index (χ2v) is 9.47. The molecule has 2 aliphatic rings. The van der Waals surface area contributed by atoms with E-state index in [-0.39, 0.29) is 17.7 Å². The van der Waals surface area contributed by atoms with E-state index in [0.717, 1.165) is 12.8 Å². The molecule has 2 aliphatic heterocycles. The minimum Gasteiger partial charge on any atom is -0.497 e. The number of anilines is 1. The number of aliphatic hydroxyl groups excluding tert-OH is 3. The van der Waals surface area contributed by atoms with E-state index in [4.69, 9.17) is 19.9 Å². The zero-order chi connectivity index (χ0) is 27.5. The number of hydrogen-bond acceptors (Lipinski definition) is 11. The molecule has 0 unspecified atom stereocenters. The van der Waals surface area contributed by atoms with Gasteiger partial charge in [0.25, 0.3) is 0 Å². The number of aromatic nitrogens is 4. The first-order valence-electron chi connectivity index (χ1n) is 12.6. The summed E-state index contributed by atoms with van der Waals surface area (Å²) in [5, 5.41) is 29.9. The van der Waals surface area contributed by atoms with Crippen molar-refractivity contribution in [2.24, 2.45) is 5.92 Å². The van der Waals surface area contributed by atoms with E-state index < -0.39 is 31.1 Å². The van der Waals surface area contributed by atoms with E-state index in [1.54, 1.807) is 36.3 Å². The molecule has 5 rings (SSSR count). The molecule has 0 aliphatic carbocycles. The number of imidazole rings is 1. The van der Waals surface area contributed by atoms with Gasteiger partial charge in [0.05, 0.1) is 20.0 Å². The molecule has 3 aromatic rings. The van der Waals surface area contributed by atoms with Crippen LogP contribution in [0.1, 0.15) is 31.3 Å². The van der Waals surface area contributed by atoms with Gasteiger partial charge in [0.2, 0.25) is 5.82 Å². The quantitative estimate of drug-likeness (QED) is 0.336. The van der Waals surface area contributed by atoms with Gasteiger partial charge in [-0.15, -0.1) is 0 Å². The number of likely N-dealkylation sites (tertiary alicyclic amines) is 1. The maximum absolute atomic E-state index is 12.5. The Kier molecular flexibility index (Phi) is 7.80. The smallest absolute Gasteiger partial charge is 0.415 e. The van der Waals surface area contributed by atoms with E-state index in [9.17, 15) is 20.1 Å². The summed E-state index contributed by atoms with van der Waals surface area (Å²) in [5.41, 5.74) is 6.68. The Morgan fingerprint density at radius 2 is 1.87 bits per heavy atom. The summed E-state index contributed by atoms with van der Waals surface area (Å²) in [5.74, 6) is 7.82. The van der Waals surface area contributed by atoms with E-state index >= 15 is 0 Å². The van der Waals surface area contributed by atoms with Gasteiger partial charge < -0.3 is 40.2 Å². The number of aliphatic hydroxyl groups is 3. The monoisotopic (exact) mass is 538 g/mol. The van der Waals surface area contributed by atoms with Crippen LogP contribution in [0.5, 0.6) is 11.5 Å². The van der Waals surface area contributed by atoms with Crippen molar-refractivity contribution >= 4 is 23.1 Å². The summed E-state index contributed by atoms with van der Waals surface area (Å²) in [7, 11) is 1.58. The number of nitrogens with zero attached hydrogens (tertiary/aromatic N) is 5. The van der Waals surface area contributed by atoms with Crippen molar-refractivity contribution in [1.29, 1.82) is 0 Å². The number of methoxy groups -OCH3 is 1. The first-order valence-corrected chi connectivity index (χ1v) is 12.6. The van der Waals surface area contributed by atoms with Gasteiger partial charge in [-0.2, -0.15) is 0 Å². The number of hydrogen-bond donors (Lipinski definition) is 4. The molecule has 1 amide bonds. The minimum absolute atomic E-state index is 0.124. The fraction of sp³-hybridized carbons (Fsp3) is 0.462. The summed E-state index contributed by atoms with van der Waals surface area (Å²) < 4.78 is 17.6. The largest absolute Gasteiger partial charge is 0.497 e. The molecule has 0 bridgehead atoms. The maximum atomic E-state index is 12.5. The maximum Gasteiger partial charge on any atom is 0.415 e. The molecule has 13 nitrogen and oxygen atoms in total. The molecule has 4 atom stereocenters. The lowest BCUT2D eigenvalue weighted by molar-refractivity contribution is -0.0511. The van der Waals surface area contributed by atoms with Crippen LogP contribution in [0.4, 0.5) is 10.6 Å². The van der Waals surface area contributed by atoms with Crippen LogP contribution in [0, 0.1) is 17.8 Å². The predicted octanol–water partition coefficient (Wildman–Crippen LogP) is 0.681. The number of nitrogen functional groups attached to an aromatic ring is 1. The summed E-state index contributed by atoms with van der Waals surface area (Å²) in [6.45, 7) is 0.693. The Bertz CT molecular complexity index is 1380. The Balaban J connectivity index is 1.19. The molecular formula is C26H30N6O7. The lowest BCUT2D eigenvalue weighted by atomic mass is 9.94. The normalized spacial score (nSPS) is 23.4. The van der Waals surface area contributed by atoms with Gasteiger partial charge >= 0.3 is 6.09 Å². The molecule has 0 radical (unpaired) electrons. The van der Waals surface area contributed by atoms with Crippen molar-refractivity contribution < 1.29 is 34.3 Å². The molecule has 1 aromatic carbocycles. The third-order valence-electron chi connectivity index (χ3n) is 6.97. The zero-order valence-corrected chi connectivity index (χ0v) is 21.3. The molecule has 2 fully saturated rings. The van der Waals surface area contributed by atoms with Crippen molar-refractivity contribution in [2.75, 3.05) is 32.5 Å². The number of amides is 1. The highest BCUT2D eigenvalue weighted by atomic mass is 16.6. The molecule has 0 saturated carbocycles. The molecule has 4 heterocycles. The number of carbonyl (C=O) groups is 1. The number of nitrogens with two attached hydrogens (primary N) is 1. The van der Waals surface area contributed by atoms with Crippen molar-refractivity contribution in [3.05, 3.63) is 36.4 Å². The minimum atomic E-state index is -1.29. The number of piperidine rings is 1. The van der Waals surface area contributed by atoms with Crippen molar-refractivity contribution in [3.8, 4) is 23.3 Å². The summed E-state index contributed by atoms with van der Waals surface area (Å²) in [6, 6.07) is 6.85. The third-order valence-corrected chi connectivity index (χ3v) is 6.97. The Labute approximate surface area is 224 Å². The van der Waals surface area contributed by atoms with Gasteiger partial charge in [0.15, 0.2) is 17.7 Å². The molecule has 2 saturated heterocycles. The predicted molar refractivity (Wildman–Crippen MR) is 138 cm³/mol. The van der Waals surface area contributed by atoms with Gasteiger partial charge in [0.1, 0.15) is 35.3 Å². The molecule has 2 aromatic heterocycles. The number of benzene rings is 1. The topological polar surface area (TPSA) is 178 Å². The van der Waals surface area contributed by atoms with Crippen LogP contribution in [-0.4, -0.2) is 90.9 Å². The molecule has 0 spiro atoms. The number of carbonyl (C=O) groups excluding carboxylic acids is 1. The SMILES string of the molecule is COc1ccc(OC(=O)N2CCC(CC#Cc3nc(N)c4ncn([C@@H]5O[C@H](CO)[C@@H](O)[C@H]5O)c4n3)CC2)cc1. The highest BCUT2D eigenvalue weighted by Gasteiger charge is 2.44. The Hall–Kier alpha value is -3.96. The van der Waals surface area contributed by atoms with Crippen LogP contribution >= 0.6 is 0 Å². The van der Waals surface area contributed by atoms with Crippen molar-refractivity contribution in [2.45, 2.75) is 43.8 Å². The van der Waals surface area contributed by atoms with Gasteiger partial charge in [-0.25, -0.2) is 19.7 Å². The lowest BCUT2D eigenvalue weighted by Crippen LogP contribution is -2.40. The van der Waals surface area contributed by atoms with E-state index in [1.165, 1.54) is 10.9 Å². The van der Waals surface area contributed by atoms with Crippen LogP contribution < -0.4 is 15.2 Å². The standard InChI is InChI=1S/C26H30N6O7/c1-37-16-5-7-17(8-6-16)38-26(36)31-11-9-15(10-12-31)3-2-4-19-29-23(27)20-24(30-19)32(14-28-20)25-22(35)21(34)18(13-33)39-25/h5-8,14-15,18,21-22,25,33-35H,3,9-13H2,1H3,(H2,27,29,30)/t18-,21-,22-,25-/m1/s1. The highest BCUT2D eigenvalue weighted by molar-refractivity contribution is 5.82. The number of rotatable bonds is 5. The molecule has 206 valence electrons. The first kappa shape index (κ1) is 26.6. The molecule has 5 N–H and O–H groups in total. The molecule has 39 heavy (non-hydrogen) atoms. The van der Waals surface area contributed by atoms with E-state index in [2.05, 4.69) is 26.8 Å². The van der Waals surface area contributed by atoms with Crippen LogP contribution in [0.2, 0.25) is 0 Å². The molecular weight excluding hydrogens is 508 g/mol. The first-order chi connectivity index (χ1) is 18.9. The average Bonchev–Trinajstić information content (AvgIpc) is 3.50. The van der Waals surface area contributed by atoms with Crippen LogP contribution in [0.3, 0.4) is 0 Å². The summed E-state index contributed by atoms with van der Waals surface area (Å²) in [4.78, 5) is 27.1. The van der Waals surface area contributed by atoms with Crippen LogP contribution in [0.25, 0.3) is 11.2 Å². The van der Waals surface area contributed by atoms with Gasteiger partial charge in [-0.05, 0) is 48.9 Å². The van der Waals surface area contributed by atoms with E-state index in [1.807, 2.05) is 0 Å². The number of ether oxygens (including phenoxy) is 3. The van der Waals surface area contributed by atoms with Gasteiger partial charge in [0, 0.05) is 19.5 Å².